The molecule has 1 aromatic heterocycles. The Morgan fingerprint density at radius 2 is 1.96 bits per heavy atom. The highest BCUT2D eigenvalue weighted by Gasteiger charge is 2.39. The third-order valence-corrected chi connectivity index (χ3v) is 5.42. The molecule has 2 heterocycles. The summed E-state index contributed by atoms with van der Waals surface area (Å²) >= 11 is 0. The Labute approximate surface area is 171 Å². The van der Waals surface area contributed by atoms with Crippen molar-refractivity contribution in [3.63, 3.8) is 0 Å². The average molecular weight is 401 g/mol. The van der Waals surface area contributed by atoms with E-state index in [9.17, 15) is 9.59 Å². The van der Waals surface area contributed by atoms with Crippen molar-refractivity contribution in [2.75, 3.05) is 25.0 Å². The molecule has 2 fully saturated rings. The maximum absolute atomic E-state index is 13.1. The fraction of sp³-hybridized carbons (Fsp3) is 0.381. The number of piperazine rings is 1. The van der Waals surface area contributed by atoms with E-state index >= 15 is 0 Å². The number of hydrogen-bond acceptors (Lipinski definition) is 4. The van der Waals surface area contributed by atoms with Gasteiger partial charge in [-0.25, -0.2) is 0 Å². The second-order valence-corrected chi connectivity index (χ2v) is 7.39. The Morgan fingerprint density at radius 3 is 2.61 bits per heavy atom. The highest BCUT2D eigenvalue weighted by atomic mass is 35.5. The molecule has 3 atom stereocenters. The second kappa shape index (κ2) is 8.71. The van der Waals surface area contributed by atoms with Crippen molar-refractivity contribution in [2.45, 2.75) is 19.4 Å². The smallest absolute Gasteiger partial charge is 0.254 e. The number of hydrogen-bond donors (Lipinski definition) is 2. The van der Waals surface area contributed by atoms with Gasteiger partial charge in [-0.1, -0.05) is 13.0 Å². The topological polar surface area (TPSA) is 74.3 Å². The van der Waals surface area contributed by atoms with Crippen LogP contribution in [0.4, 0.5) is 5.69 Å². The summed E-state index contributed by atoms with van der Waals surface area (Å²) < 4.78 is 0. The molecule has 3 unspecified atom stereocenters. The lowest BCUT2D eigenvalue weighted by Crippen LogP contribution is -2.48. The second-order valence-electron chi connectivity index (χ2n) is 7.39. The summed E-state index contributed by atoms with van der Waals surface area (Å²) in [4.78, 5) is 31.2. The average Bonchev–Trinajstić information content (AvgIpc) is 3.45. The fourth-order valence-electron chi connectivity index (χ4n) is 3.60. The molecular weight excluding hydrogens is 376 g/mol. The number of pyridine rings is 1. The van der Waals surface area contributed by atoms with Crippen molar-refractivity contribution < 1.29 is 9.59 Å². The molecule has 2 amide bonds. The van der Waals surface area contributed by atoms with Gasteiger partial charge in [-0.15, -0.1) is 12.4 Å². The first-order valence-electron chi connectivity index (χ1n) is 9.46. The number of benzene rings is 1. The van der Waals surface area contributed by atoms with Crippen LogP contribution in [0.3, 0.4) is 0 Å². The predicted octanol–water partition coefficient (Wildman–Crippen LogP) is 2.88. The number of anilines is 1. The monoisotopic (exact) mass is 400 g/mol. The third-order valence-electron chi connectivity index (χ3n) is 5.42. The van der Waals surface area contributed by atoms with Crippen molar-refractivity contribution in [3.05, 3.63) is 59.9 Å². The number of carbonyl (C=O) groups is 2. The van der Waals surface area contributed by atoms with E-state index in [0.717, 1.165) is 24.2 Å². The molecule has 2 N–H and O–H groups in total. The van der Waals surface area contributed by atoms with Gasteiger partial charge in [0.05, 0.1) is 6.04 Å². The van der Waals surface area contributed by atoms with E-state index in [1.165, 1.54) is 0 Å². The van der Waals surface area contributed by atoms with Gasteiger partial charge in [-0.3, -0.25) is 14.6 Å². The van der Waals surface area contributed by atoms with Gasteiger partial charge < -0.3 is 15.5 Å². The molecule has 0 bridgehead atoms. The fourth-order valence-corrected chi connectivity index (χ4v) is 3.60. The van der Waals surface area contributed by atoms with Crippen molar-refractivity contribution in [2.24, 2.45) is 11.8 Å². The minimum Gasteiger partial charge on any atom is -0.329 e. The quantitative estimate of drug-likeness (QED) is 0.827. The van der Waals surface area contributed by atoms with Crippen LogP contribution in [0.15, 0.2) is 48.8 Å². The molecule has 6 nitrogen and oxygen atoms in total. The predicted molar refractivity (Wildman–Crippen MR) is 110 cm³/mol. The van der Waals surface area contributed by atoms with E-state index in [4.69, 9.17) is 0 Å². The lowest BCUT2D eigenvalue weighted by molar-refractivity contribution is -0.117. The maximum Gasteiger partial charge on any atom is 0.254 e. The Bertz CT molecular complexity index is 828. The first-order valence-corrected chi connectivity index (χ1v) is 9.46. The number of halogens is 1. The van der Waals surface area contributed by atoms with E-state index < -0.39 is 0 Å². The molecule has 28 heavy (non-hydrogen) atoms. The molecule has 2 aromatic rings. The normalized spacial score (nSPS) is 23.5. The summed E-state index contributed by atoms with van der Waals surface area (Å²) in [6.45, 7) is 4.22. The molecule has 1 aliphatic carbocycles. The summed E-state index contributed by atoms with van der Waals surface area (Å²) in [7, 11) is 0. The molecule has 0 spiro atoms. The van der Waals surface area contributed by atoms with E-state index in [1.54, 1.807) is 30.5 Å². The zero-order chi connectivity index (χ0) is 18.8. The molecule has 0 radical (unpaired) electrons. The van der Waals surface area contributed by atoms with Gasteiger partial charge in [0.25, 0.3) is 5.91 Å². The number of nitrogens with zero attached hydrogens (tertiary/aromatic N) is 2. The van der Waals surface area contributed by atoms with Gasteiger partial charge in [0.1, 0.15) is 0 Å². The highest BCUT2D eigenvalue weighted by Crippen LogP contribution is 2.38. The summed E-state index contributed by atoms with van der Waals surface area (Å²) in [6, 6.07) is 11.1. The summed E-state index contributed by atoms with van der Waals surface area (Å²) in [6.07, 6.45) is 4.51. The van der Waals surface area contributed by atoms with Crippen LogP contribution < -0.4 is 10.6 Å². The van der Waals surface area contributed by atoms with Gasteiger partial charge in [-0.05, 0) is 48.2 Å². The maximum atomic E-state index is 13.1. The van der Waals surface area contributed by atoms with Gasteiger partial charge in [0.15, 0.2) is 0 Å². The first kappa shape index (κ1) is 20.3. The van der Waals surface area contributed by atoms with E-state index in [1.807, 2.05) is 23.2 Å². The van der Waals surface area contributed by atoms with Crippen molar-refractivity contribution in [1.29, 1.82) is 0 Å². The van der Waals surface area contributed by atoms with Crippen molar-refractivity contribution in [3.8, 4) is 0 Å². The van der Waals surface area contributed by atoms with Gasteiger partial charge >= 0.3 is 0 Å². The van der Waals surface area contributed by atoms with Crippen LogP contribution >= 0.6 is 12.4 Å². The largest absolute Gasteiger partial charge is 0.329 e. The van der Waals surface area contributed by atoms with Crippen LogP contribution in [0.25, 0.3) is 0 Å². The van der Waals surface area contributed by atoms with Gasteiger partial charge in [-0.2, -0.15) is 0 Å². The van der Waals surface area contributed by atoms with E-state index in [-0.39, 0.29) is 36.2 Å². The number of rotatable bonds is 4. The van der Waals surface area contributed by atoms with Crippen LogP contribution in [0.5, 0.6) is 0 Å². The molecule has 7 heteroatoms. The number of nitrogens with one attached hydrogen (secondary N) is 2. The number of carbonyl (C=O) groups excluding carboxylic acids is 2. The molecule has 2 aliphatic rings. The molecule has 1 aromatic carbocycles. The molecule has 1 aliphatic heterocycles. The lowest BCUT2D eigenvalue weighted by atomic mass is 10.0. The molecular formula is C21H25ClN4O2. The van der Waals surface area contributed by atoms with Crippen molar-refractivity contribution in [1.82, 2.24) is 15.2 Å². The van der Waals surface area contributed by atoms with E-state index in [0.29, 0.717) is 24.6 Å². The van der Waals surface area contributed by atoms with Gasteiger partial charge in [0.2, 0.25) is 5.91 Å². The first-order chi connectivity index (χ1) is 13.1. The summed E-state index contributed by atoms with van der Waals surface area (Å²) in [5, 5.41) is 6.28. The van der Waals surface area contributed by atoms with Gasteiger partial charge in [0, 0.05) is 49.2 Å². The van der Waals surface area contributed by atoms with Crippen LogP contribution in [-0.4, -0.2) is 41.3 Å². The van der Waals surface area contributed by atoms with Crippen LogP contribution in [0.1, 0.15) is 35.3 Å². The summed E-state index contributed by atoms with van der Waals surface area (Å²) in [5.74, 6) is 0.676. The molecule has 1 saturated carbocycles. The zero-order valence-electron chi connectivity index (χ0n) is 15.8. The summed E-state index contributed by atoms with van der Waals surface area (Å²) in [5.41, 5.74) is 2.39. The standard InChI is InChI=1S/C21H24N4O2.ClH/c1-14-11-18(14)20(26)24-17-6-4-15(5-7-17)21(27)25-10-9-23-13-19(25)16-3-2-8-22-12-16;/h2-8,12,14,18-19,23H,9-11,13H2,1H3,(H,24,26);1H. The Hall–Kier alpha value is -2.44. The molecule has 1 saturated heterocycles. The van der Waals surface area contributed by atoms with Crippen LogP contribution in [0, 0.1) is 11.8 Å². The third kappa shape index (κ3) is 4.34. The minimum absolute atomic E-state index is 0. The Kier molecular flexibility index (Phi) is 6.31. The molecule has 148 valence electrons. The minimum atomic E-state index is -0.0318. The SMILES string of the molecule is CC1CC1C(=O)Nc1ccc(C(=O)N2CCNCC2c2cccnc2)cc1.Cl. The number of amides is 2. The number of aromatic nitrogens is 1. The van der Waals surface area contributed by atoms with E-state index in [2.05, 4.69) is 22.5 Å². The Morgan fingerprint density at radius 1 is 1.21 bits per heavy atom. The zero-order valence-corrected chi connectivity index (χ0v) is 16.6. The molecule has 4 rings (SSSR count). The Balaban J connectivity index is 0.00000225. The lowest BCUT2D eigenvalue weighted by Gasteiger charge is -2.36. The highest BCUT2D eigenvalue weighted by molar-refractivity contribution is 5.97. The van der Waals surface area contributed by atoms with Crippen LogP contribution in [0.2, 0.25) is 0 Å². The van der Waals surface area contributed by atoms with Crippen molar-refractivity contribution >= 4 is 29.9 Å². The van der Waals surface area contributed by atoms with Crippen LogP contribution in [-0.2, 0) is 4.79 Å².